The van der Waals surface area contributed by atoms with Crippen LogP contribution in [0.1, 0.15) is 251 Å². The molecular weight excluding hydrogens is 879 g/mol. The lowest BCUT2D eigenvalue weighted by Gasteiger charge is -2.40. The van der Waals surface area contributed by atoms with E-state index in [-0.39, 0.29) is 0 Å². The topological polar surface area (TPSA) is 235 Å². The molecule has 17 heteroatoms. The molecule has 1 heterocycles. The summed E-state index contributed by atoms with van der Waals surface area (Å²) < 4.78 is 77.4. The first-order valence-corrected chi connectivity index (χ1v) is 28.9. The van der Waals surface area contributed by atoms with Gasteiger partial charge < -0.3 is 20.1 Å². The molecule has 1 rings (SSSR count). The number of amides is 1. The standard InChI is InChI=1S/C48H95NO14S2/c1-3-5-7-9-11-13-15-17-19-21-22-23-25-27-29-31-33-35-37-39-42(50)41(38-36-34-32-30-28-26-24-20-18-16-14-12-10-8-6-4-2)47(53)49-62-48-45(52)44(51)46(63-65(57,58)59)43(61-48)40-60-64(54,55)56/h41-46,48,50-52H,3-40H2,1-2H3,(H,49,53)(H,54,55,56)(H,57,58,59)/t41-,42+,43+,44+,45+,46-,48-/m0/s1. The minimum absolute atomic E-state index is 0.375. The minimum Gasteiger partial charge on any atom is -0.392 e. The number of carbonyl (C=O) groups is 1. The lowest BCUT2D eigenvalue weighted by atomic mass is 9.91. The van der Waals surface area contributed by atoms with E-state index in [0.717, 1.165) is 44.9 Å². The molecule has 1 fully saturated rings. The van der Waals surface area contributed by atoms with E-state index in [9.17, 15) is 36.9 Å². The van der Waals surface area contributed by atoms with Gasteiger partial charge in [-0.05, 0) is 12.8 Å². The Labute approximate surface area is 395 Å². The van der Waals surface area contributed by atoms with Gasteiger partial charge in [-0.15, -0.1) is 0 Å². The number of hydrogen-bond donors (Lipinski definition) is 6. The number of hydrogen-bond acceptors (Lipinski definition) is 12. The molecule has 1 aliphatic heterocycles. The Morgan fingerprint density at radius 3 is 1.20 bits per heavy atom. The molecule has 6 N–H and O–H groups in total. The van der Waals surface area contributed by atoms with Gasteiger partial charge in [0.1, 0.15) is 24.4 Å². The van der Waals surface area contributed by atoms with Crippen LogP contribution < -0.4 is 5.48 Å². The maximum Gasteiger partial charge on any atom is 0.397 e. The molecule has 388 valence electrons. The van der Waals surface area contributed by atoms with E-state index in [1.807, 2.05) is 0 Å². The Morgan fingerprint density at radius 2 is 0.862 bits per heavy atom. The molecule has 7 atom stereocenters. The number of carbonyl (C=O) groups excluding carboxylic acids is 1. The number of nitrogens with one attached hydrogen (secondary N) is 1. The van der Waals surface area contributed by atoms with Crippen LogP contribution in [-0.2, 0) is 43.5 Å². The van der Waals surface area contributed by atoms with Crippen LogP contribution in [0.2, 0.25) is 0 Å². The van der Waals surface area contributed by atoms with Crippen LogP contribution in [0.4, 0.5) is 0 Å². The second-order valence-electron chi connectivity index (χ2n) is 18.7. The fourth-order valence-corrected chi connectivity index (χ4v) is 9.61. The van der Waals surface area contributed by atoms with Crippen molar-refractivity contribution in [3.05, 3.63) is 0 Å². The smallest absolute Gasteiger partial charge is 0.392 e. The first kappa shape index (κ1) is 62.0. The van der Waals surface area contributed by atoms with Gasteiger partial charge in [0.25, 0.3) is 0 Å². The molecule has 0 aromatic heterocycles. The van der Waals surface area contributed by atoms with Crippen molar-refractivity contribution in [1.82, 2.24) is 5.48 Å². The zero-order chi connectivity index (χ0) is 48.0. The molecule has 0 spiro atoms. The molecule has 0 saturated carbocycles. The van der Waals surface area contributed by atoms with Crippen LogP contribution in [0.5, 0.6) is 0 Å². The number of ether oxygens (including phenoxy) is 1. The second kappa shape index (κ2) is 39.8. The maximum atomic E-state index is 13.5. The first-order valence-electron chi connectivity index (χ1n) is 26.1. The van der Waals surface area contributed by atoms with Crippen molar-refractivity contribution >= 4 is 26.7 Å². The molecular formula is C48H95NO14S2. The van der Waals surface area contributed by atoms with Crippen LogP contribution in [0.25, 0.3) is 0 Å². The summed E-state index contributed by atoms with van der Waals surface area (Å²) in [5.74, 6) is -1.55. The van der Waals surface area contributed by atoms with E-state index in [4.69, 9.17) is 18.7 Å². The van der Waals surface area contributed by atoms with E-state index >= 15 is 0 Å². The highest BCUT2D eigenvalue weighted by Gasteiger charge is 2.49. The molecule has 0 aromatic rings. The zero-order valence-corrected chi connectivity index (χ0v) is 42.3. The predicted molar refractivity (Wildman–Crippen MR) is 255 cm³/mol. The molecule has 0 bridgehead atoms. The molecule has 1 saturated heterocycles. The van der Waals surface area contributed by atoms with Gasteiger partial charge in [-0.3, -0.25) is 13.9 Å². The highest BCUT2D eigenvalue weighted by molar-refractivity contribution is 7.81. The second-order valence-corrected chi connectivity index (χ2v) is 20.9. The Hall–Kier alpha value is -0.990. The van der Waals surface area contributed by atoms with E-state index in [1.165, 1.54) is 173 Å². The SMILES string of the molecule is CCCCCCCCCCCCCCCCCCCCC[C@@H](O)[C@H](CCCCCCCCCCCCCCCCCC)C(=O)NO[C@@H]1O[C@H](COS(=O)(=O)O)[C@H](OS(=O)(=O)O)[C@H](O)[C@H]1O. The molecule has 0 aromatic carbocycles. The molecule has 15 nitrogen and oxygen atoms in total. The van der Waals surface area contributed by atoms with E-state index < -0.39 is 76.0 Å². The fourth-order valence-electron chi connectivity index (χ4n) is 8.78. The summed E-state index contributed by atoms with van der Waals surface area (Å²) in [6, 6.07) is 0. The van der Waals surface area contributed by atoms with Crippen molar-refractivity contribution in [2.24, 2.45) is 5.92 Å². The minimum atomic E-state index is -5.24. The Bertz CT molecular complexity index is 1340. The number of aliphatic hydroxyl groups is 3. The third-order valence-electron chi connectivity index (χ3n) is 12.8. The van der Waals surface area contributed by atoms with Crippen molar-refractivity contribution in [2.75, 3.05) is 6.61 Å². The maximum absolute atomic E-state index is 13.5. The van der Waals surface area contributed by atoms with Crippen LogP contribution in [0.15, 0.2) is 0 Å². The third-order valence-corrected chi connectivity index (χ3v) is 13.7. The van der Waals surface area contributed by atoms with Crippen LogP contribution in [0, 0.1) is 5.92 Å². The summed E-state index contributed by atoms with van der Waals surface area (Å²) in [6.45, 7) is 3.39. The highest BCUT2D eigenvalue weighted by atomic mass is 32.3. The summed E-state index contributed by atoms with van der Waals surface area (Å²) in [7, 11) is -10.3. The monoisotopic (exact) mass is 974 g/mol. The van der Waals surface area contributed by atoms with Crippen molar-refractivity contribution in [3.8, 4) is 0 Å². The van der Waals surface area contributed by atoms with E-state index in [2.05, 4.69) is 27.7 Å². The van der Waals surface area contributed by atoms with E-state index in [1.54, 1.807) is 0 Å². The average molecular weight is 974 g/mol. The summed E-state index contributed by atoms with van der Waals surface area (Å²) >= 11 is 0. The van der Waals surface area contributed by atoms with Crippen molar-refractivity contribution in [1.29, 1.82) is 0 Å². The average Bonchev–Trinajstić information content (AvgIpc) is 3.25. The van der Waals surface area contributed by atoms with Gasteiger partial charge in [0.15, 0.2) is 0 Å². The quantitative estimate of drug-likeness (QED) is 0.0189. The van der Waals surface area contributed by atoms with Crippen molar-refractivity contribution in [3.63, 3.8) is 0 Å². The summed E-state index contributed by atoms with van der Waals surface area (Å²) in [6.07, 6.45) is 32.9. The zero-order valence-electron chi connectivity index (χ0n) is 40.6. The largest absolute Gasteiger partial charge is 0.397 e. The predicted octanol–water partition coefficient (Wildman–Crippen LogP) is 10.9. The van der Waals surface area contributed by atoms with Crippen LogP contribution >= 0.6 is 0 Å². The highest BCUT2D eigenvalue weighted by Crippen LogP contribution is 2.27. The molecule has 65 heavy (non-hydrogen) atoms. The van der Waals surface area contributed by atoms with Gasteiger partial charge in [-0.1, -0.05) is 239 Å². The van der Waals surface area contributed by atoms with Gasteiger partial charge in [0.2, 0.25) is 12.2 Å². The normalized spacial score (nSPS) is 20.3. The molecule has 1 amide bonds. The number of aliphatic hydroxyl groups excluding tert-OH is 3. The third kappa shape index (κ3) is 34.9. The van der Waals surface area contributed by atoms with Crippen LogP contribution in [-0.4, -0.2) is 90.6 Å². The Kier molecular flexibility index (Phi) is 38.0. The van der Waals surface area contributed by atoms with Crippen molar-refractivity contribution in [2.45, 2.75) is 288 Å². The van der Waals surface area contributed by atoms with Gasteiger partial charge in [0.05, 0.1) is 18.6 Å². The van der Waals surface area contributed by atoms with Crippen molar-refractivity contribution < 1.29 is 64.0 Å². The fraction of sp³-hybridized carbons (Fsp3) is 0.979. The molecule has 1 aliphatic rings. The Morgan fingerprint density at radius 1 is 0.523 bits per heavy atom. The number of rotatable bonds is 46. The van der Waals surface area contributed by atoms with E-state index in [0.29, 0.717) is 19.3 Å². The van der Waals surface area contributed by atoms with Gasteiger partial charge in [0, 0.05) is 0 Å². The first-order chi connectivity index (χ1) is 31.2. The van der Waals surface area contributed by atoms with Gasteiger partial charge in [-0.2, -0.15) is 16.8 Å². The summed E-state index contributed by atoms with van der Waals surface area (Å²) in [5.41, 5.74) is 2.19. The van der Waals surface area contributed by atoms with Crippen LogP contribution in [0.3, 0.4) is 0 Å². The van der Waals surface area contributed by atoms with Gasteiger partial charge >= 0.3 is 20.8 Å². The lowest BCUT2D eigenvalue weighted by molar-refractivity contribution is -0.309. The van der Waals surface area contributed by atoms with Gasteiger partial charge in [-0.25, -0.2) is 18.7 Å². The summed E-state index contributed by atoms with van der Waals surface area (Å²) in [4.78, 5) is 18.8. The summed E-state index contributed by atoms with van der Waals surface area (Å²) in [5, 5.41) is 32.5. The Balaban J connectivity index is 2.55. The molecule has 0 radical (unpaired) electrons. The lowest BCUT2D eigenvalue weighted by Crippen LogP contribution is -2.61. The molecule has 0 unspecified atom stereocenters. The molecule has 0 aliphatic carbocycles. The number of unbranched alkanes of at least 4 members (excludes halogenated alkanes) is 33. The number of hydroxylamine groups is 1.